The van der Waals surface area contributed by atoms with E-state index in [0.717, 1.165) is 5.69 Å². The van der Waals surface area contributed by atoms with Crippen molar-refractivity contribution in [2.45, 2.75) is 11.3 Å². The van der Waals surface area contributed by atoms with E-state index in [1.54, 1.807) is 43.5 Å². The van der Waals surface area contributed by atoms with Crippen molar-refractivity contribution in [3.63, 3.8) is 0 Å². The number of ether oxygens (including phenoxy) is 2. The van der Waals surface area contributed by atoms with E-state index in [1.165, 1.54) is 25.1 Å². The number of amides is 1. The van der Waals surface area contributed by atoms with Gasteiger partial charge in [-0.2, -0.15) is 5.26 Å². The van der Waals surface area contributed by atoms with Crippen molar-refractivity contribution < 1.29 is 22.7 Å². The molecule has 0 unspecified atom stereocenters. The summed E-state index contributed by atoms with van der Waals surface area (Å²) in [5, 5.41) is 12.5. The van der Waals surface area contributed by atoms with Crippen LogP contribution in [0.3, 0.4) is 0 Å². The van der Waals surface area contributed by atoms with E-state index in [1.807, 2.05) is 23.1 Å². The zero-order valence-electron chi connectivity index (χ0n) is 18.5. The van der Waals surface area contributed by atoms with Gasteiger partial charge in [-0.05, 0) is 24.3 Å². The van der Waals surface area contributed by atoms with E-state index >= 15 is 0 Å². The molecule has 2 aromatic carbocycles. The van der Waals surface area contributed by atoms with Crippen LogP contribution in [0.2, 0.25) is 0 Å². The molecule has 1 amide bonds. The van der Waals surface area contributed by atoms with Crippen molar-refractivity contribution in [2.75, 3.05) is 35.9 Å². The first-order valence-electron chi connectivity index (χ1n) is 10.3. The molecule has 34 heavy (non-hydrogen) atoms. The van der Waals surface area contributed by atoms with E-state index in [-0.39, 0.29) is 28.4 Å². The Kier molecular flexibility index (Phi) is 6.81. The van der Waals surface area contributed by atoms with Gasteiger partial charge in [0.25, 0.3) is 5.91 Å². The molecule has 11 heteroatoms. The second kappa shape index (κ2) is 9.79. The molecule has 0 aromatic heterocycles. The summed E-state index contributed by atoms with van der Waals surface area (Å²) in [5.74, 6) is 0.633. The number of methoxy groups -OCH3 is 2. The van der Waals surface area contributed by atoms with Crippen LogP contribution in [-0.4, -0.2) is 56.5 Å². The third kappa shape index (κ3) is 5.03. The number of benzene rings is 2. The smallest absolute Gasteiger partial charge is 0.267 e. The third-order valence-corrected chi connectivity index (χ3v) is 8.62. The van der Waals surface area contributed by atoms with Crippen LogP contribution in [0.15, 0.2) is 65.3 Å². The largest absolute Gasteiger partial charge is 0.497 e. The molecule has 9 nitrogen and oxygen atoms in total. The van der Waals surface area contributed by atoms with Crippen molar-refractivity contribution in [3.8, 4) is 17.6 Å². The summed E-state index contributed by atoms with van der Waals surface area (Å²) in [6.45, 7) is 0. The van der Waals surface area contributed by atoms with Gasteiger partial charge in [0.1, 0.15) is 23.1 Å². The normalized spacial score (nSPS) is 22.2. The van der Waals surface area contributed by atoms with Gasteiger partial charge in [0.05, 0.1) is 38.0 Å². The standard InChI is InChI=1S/C23H22N4O5S2/c1-31-18-7-3-5-16(9-18)26-22(28)15(11-24)12-25-23-27(17-6-4-8-19(10-17)32-2)20-13-34(29,30)14-21(20)33-23/h3-10,12,20-21H,13-14H2,1-2H3,(H,26,28)/b15-12+,25-23?/t20-,21-/m1/s1. The van der Waals surface area contributed by atoms with Crippen LogP contribution in [0.25, 0.3) is 0 Å². The molecule has 0 aliphatic carbocycles. The number of nitrogens with one attached hydrogen (secondary N) is 1. The van der Waals surface area contributed by atoms with Crippen molar-refractivity contribution in [2.24, 2.45) is 4.99 Å². The molecule has 0 radical (unpaired) electrons. The van der Waals surface area contributed by atoms with Crippen LogP contribution < -0.4 is 19.7 Å². The first kappa shape index (κ1) is 23.7. The zero-order chi connectivity index (χ0) is 24.3. The number of hydrogen-bond acceptors (Lipinski definition) is 8. The quantitative estimate of drug-likeness (QED) is 0.477. The van der Waals surface area contributed by atoms with Gasteiger partial charge in [0.15, 0.2) is 15.0 Å². The van der Waals surface area contributed by atoms with E-state index in [9.17, 15) is 18.5 Å². The molecular formula is C23H22N4O5S2. The second-order valence-corrected chi connectivity index (χ2v) is 11.0. The number of fused-ring (bicyclic) bond motifs is 1. The Labute approximate surface area is 202 Å². The summed E-state index contributed by atoms with van der Waals surface area (Å²) >= 11 is 1.33. The van der Waals surface area contributed by atoms with E-state index in [2.05, 4.69) is 10.3 Å². The number of aliphatic imine (C=N–C) groups is 1. The summed E-state index contributed by atoms with van der Waals surface area (Å²) < 4.78 is 35.0. The topological polar surface area (TPSA) is 121 Å². The predicted molar refractivity (Wildman–Crippen MR) is 132 cm³/mol. The van der Waals surface area contributed by atoms with Gasteiger partial charge in [-0.15, -0.1) is 0 Å². The first-order chi connectivity index (χ1) is 16.3. The molecule has 176 valence electrons. The minimum Gasteiger partial charge on any atom is -0.497 e. The minimum absolute atomic E-state index is 0.00600. The average molecular weight is 499 g/mol. The summed E-state index contributed by atoms with van der Waals surface area (Å²) in [7, 11) is -0.0926. The fourth-order valence-electron chi connectivity index (χ4n) is 3.80. The first-order valence-corrected chi connectivity index (χ1v) is 13.0. The highest BCUT2D eigenvalue weighted by molar-refractivity contribution is 8.16. The lowest BCUT2D eigenvalue weighted by Gasteiger charge is -2.24. The summed E-state index contributed by atoms with van der Waals surface area (Å²) in [5.41, 5.74) is 1.01. The molecule has 2 saturated heterocycles. The number of amidine groups is 1. The molecular weight excluding hydrogens is 476 g/mol. The number of sulfone groups is 1. The number of carbonyl (C=O) groups is 1. The Hall–Kier alpha value is -3.49. The van der Waals surface area contributed by atoms with Gasteiger partial charge in [-0.25, -0.2) is 13.4 Å². The number of carbonyl (C=O) groups excluding carboxylic acids is 1. The minimum atomic E-state index is -3.17. The van der Waals surface area contributed by atoms with Crippen LogP contribution in [0.4, 0.5) is 11.4 Å². The molecule has 2 aromatic rings. The van der Waals surface area contributed by atoms with Crippen molar-refractivity contribution >= 4 is 44.0 Å². The van der Waals surface area contributed by atoms with E-state index < -0.39 is 15.7 Å². The summed E-state index contributed by atoms with van der Waals surface area (Å²) in [6, 6.07) is 15.6. The molecule has 2 fully saturated rings. The number of hydrogen-bond donors (Lipinski definition) is 1. The van der Waals surface area contributed by atoms with Gasteiger partial charge in [-0.3, -0.25) is 4.79 Å². The number of rotatable bonds is 6. The Balaban J connectivity index is 1.63. The summed E-state index contributed by atoms with van der Waals surface area (Å²) in [6.07, 6.45) is 1.21. The Morgan fingerprint density at radius 2 is 1.88 bits per heavy atom. The Bertz CT molecular complexity index is 1320. The van der Waals surface area contributed by atoms with Crippen LogP contribution in [0.1, 0.15) is 0 Å². The molecule has 1 N–H and O–H groups in total. The van der Waals surface area contributed by atoms with Gasteiger partial charge in [0.2, 0.25) is 0 Å². The lowest BCUT2D eigenvalue weighted by atomic mass is 10.2. The maximum atomic E-state index is 12.6. The maximum absolute atomic E-state index is 12.6. The molecule has 2 aliphatic heterocycles. The fraction of sp³-hybridized carbons (Fsp3) is 0.261. The molecule has 2 atom stereocenters. The maximum Gasteiger partial charge on any atom is 0.267 e. The van der Waals surface area contributed by atoms with Gasteiger partial charge in [0, 0.05) is 28.8 Å². The number of anilines is 2. The van der Waals surface area contributed by atoms with Gasteiger partial charge < -0.3 is 19.7 Å². The lowest BCUT2D eigenvalue weighted by Crippen LogP contribution is -2.37. The number of thioether (sulfide) groups is 1. The zero-order valence-corrected chi connectivity index (χ0v) is 20.1. The third-order valence-electron chi connectivity index (χ3n) is 5.39. The van der Waals surface area contributed by atoms with E-state index in [4.69, 9.17) is 9.47 Å². The second-order valence-electron chi connectivity index (χ2n) is 7.62. The Morgan fingerprint density at radius 3 is 2.59 bits per heavy atom. The van der Waals surface area contributed by atoms with Crippen molar-refractivity contribution in [3.05, 3.63) is 60.3 Å². The Morgan fingerprint density at radius 1 is 1.18 bits per heavy atom. The van der Waals surface area contributed by atoms with Crippen LogP contribution in [0.5, 0.6) is 11.5 Å². The van der Waals surface area contributed by atoms with Crippen molar-refractivity contribution in [1.82, 2.24) is 0 Å². The molecule has 0 saturated carbocycles. The van der Waals surface area contributed by atoms with Crippen LogP contribution >= 0.6 is 11.8 Å². The lowest BCUT2D eigenvalue weighted by molar-refractivity contribution is -0.112. The monoisotopic (exact) mass is 498 g/mol. The summed E-state index contributed by atoms with van der Waals surface area (Å²) in [4.78, 5) is 18.9. The van der Waals surface area contributed by atoms with Crippen LogP contribution in [-0.2, 0) is 14.6 Å². The fourth-order valence-corrected chi connectivity index (χ4v) is 7.69. The average Bonchev–Trinajstić information content (AvgIpc) is 3.30. The van der Waals surface area contributed by atoms with Crippen LogP contribution in [0, 0.1) is 11.3 Å². The highest BCUT2D eigenvalue weighted by Crippen LogP contribution is 2.41. The van der Waals surface area contributed by atoms with E-state index in [0.29, 0.717) is 22.4 Å². The predicted octanol–water partition coefficient (Wildman–Crippen LogP) is 2.82. The van der Waals surface area contributed by atoms with Gasteiger partial charge in [-0.1, -0.05) is 23.9 Å². The SMILES string of the molecule is COc1cccc(NC(=O)/C(C#N)=C/N=C2S[C@@H]3CS(=O)(=O)C[C@H]3N2c2cccc(OC)c2)c1. The molecule has 4 rings (SSSR count). The highest BCUT2D eigenvalue weighted by atomic mass is 32.2. The number of nitriles is 1. The molecule has 2 heterocycles. The van der Waals surface area contributed by atoms with Crippen molar-refractivity contribution in [1.29, 1.82) is 5.26 Å². The number of nitrogens with zero attached hydrogens (tertiary/aromatic N) is 3. The molecule has 0 spiro atoms. The highest BCUT2D eigenvalue weighted by Gasteiger charge is 2.49. The van der Waals surface area contributed by atoms with Gasteiger partial charge >= 0.3 is 0 Å². The molecule has 2 aliphatic rings. The molecule has 0 bridgehead atoms.